The Bertz CT molecular complexity index is 592. The summed E-state index contributed by atoms with van der Waals surface area (Å²) in [6.45, 7) is 7.26. The number of nitro groups is 1. The molecular weight excluding hydrogens is 276 g/mol. The third-order valence-electron chi connectivity index (χ3n) is 3.01. The van der Waals surface area contributed by atoms with Crippen LogP contribution in [0.15, 0.2) is 17.1 Å². The standard InChI is InChI=1S/C14H20N2O5/c1-5-11(14(18)21-8-9(2)3)15-7-12(16(19)20)10(4)6-13(15)17/h6-7,9,11H,5,8H2,1-4H3. The number of carbonyl (C=O) groups excluding carboxylic acids is 1. The summed E-state index contributed by atoms with van der Waals surface area (Å²) in [5.74, 6) is -0.373. The number of carbonyl (C=O) groups is 1. The van der Waals surface area contributed by atoms with Gasteiger partial charge >= 0.3 is 5.97 Å². The Morgan fingerprint density at radius 1 is 1.48 bits per heavy atom. The highest BCUT2D eigenvalue weighted by molar-refractivity contribution is 5.74. The van der Waals surface area contributed by atoms with Crippen molar-refractivity contribution >= 4 is 11.7 Å². The summed E-state index contributed by atoms with van der Waals surface area (Å²) in [7, 11) is 0. The molecule has 0 aliphatic heterocycles. The van der Waals surface area contributed by atoms with E-state index in [1.807, 2.05) is 13.8 Å². The molecule has 0 aliphatic rings. The van der Waals surface area contributed by atoms with Crippen LogP contribution in [0.4, 0.5) is 5.69 Å². The molecule has 0 amide bonds. The summed E-state index contributed by atoms with van der Waals surface area (Å²) in [6, 6.07) is 0.312. The van der Waals surface area contributed by atoms with Crippen LogP contribution in [0.25, 0.3) is 0 Å². The van der Waals surface area contributed by atoms with Crippen molar-refractivity contribution in [2.75, 3.05) is 6.61 Å². The lowest BCUT2D eigenvalue weighted by Gasteiger charge is -2.18. The Labute approximate surface area is 122 Å². The van der Waals surface area contributed by atoms with Gasteiger partial charge in [-0.2, -0.15) is 0 Å². The number of ether oxygens (including phenoxy) is 1. The first-order chi connectivity index (χ1) is 9.77. The SMILES string of the molecule is CCC(C(=O)OCC(C)C)n1cc([N+](=O)[O-])c(C)cc1=O. The van der Waals surface area contributed by atoms with Gasteiger partial charge in [0, 0.05) is 11.6 Å². The van der Waals surface area contributed by atoms with Crippen molar-refractivity contribution < 1.29 is 14.5 Å². The van der Waals surface area contributed by atoms with Crippen molar-refractivity contribution in [3.05, 3.63) is 38.3 Å². The van der Waals surface area contributed by atoms with Crippen molar-refractivity contribution in [3.63, 3.8) is 0 Å². The molecular formula is C14H20N2O5. The number of pyridine rings is 1. The van der Waals surface area contributed by atoms with Crippen LogP contribution in [0, 0.1) is 23.0 Å². The Morgan fingerprint density at radius 3 is 2.57 bits per heavy atom. The van der Waals surface area contributed by atoms with Crippen LogP contribution in [0.2, 0.25) is 0 Å². The van der Waals surface area contributed by atoms with Crippen molar-refractivity contribution in [3.8, 4) is 0 Å². The zero-order valence-corrected chi connectivity index (χ0v) is 12.7. The first kappa shape index (κ1) is 16.9. The van der Waals surface area contributed by atoms with E-state index in [2.05, 4.69) is 0 Å². The number of hydrogen-bond acceptors (Lipinski definition) is 5. The maximum atomic E-state index is 12.0. The van der Waals surface area contributed by atoms with Crippen molar-refractivity contribution in [1.29, 1.82) is 0 Å². The summed E-state index contributed by atoms with van der Waals surface area (Å²) in [5, 5.41) is 11.0. The molecule has 0 saturated carbocycles. The molecule has 0 aromatic carbocycles. The molecule has 116 valence electrons. The molecule has 7 nitrogen and oxygen atoms in total. The van der Waals surface area contributed by atoms with Gasteiger partial charge in [-0.25, -0.2) is 4.79 Å². The van der Waals surface area contributed by atoms with E-state index in [-0.39, 0.29) is 23.8 Å². The molecule has 0 fully saturated rings. The summed E-state index contributed by atoms with van der Waals surface area (Å²) in [6.07, 6.45) is 1.43. The van der Waals surface area contributed by atoms with Crippen molar-refractivity contribution in [2.24, 2.45) is 5.92 Å². The second-order valence-electron chi connectivity index (χ2n) is 5.29. The second-order valence-corrected chi connectivity index (χ2v) is 5.29. The fourth-order valence-electron chi connectivity index (χ4n) is 1.89. The topological polar surface area (TPSA) is 91.4 Å². The highest BCUT2D eigenvalue weighted by Crippen LogP contribution is 2.19. The van der Waals surface area contributed by atoms with Crippen LogP contribution in [0.1, 0.15) is 38.8 Å². The second kappa shape index (κ2) is 7.01. The van der Waals surface area contributed by atoms with Gasteiger partial charge in [-0.1, -0.05) is 20.8 Å². The number of rotatable bonds is 6. The van der Waals surface area contributed by atoms with Gasteiger partial charge < -0.3 is 4.74 Å². The van der Waals surface area contributed by atoms with Crippen LogP contribution in [-0.2, 0) is 9.53 Å². The number of esters is 1. The minimum Gasteiger partial charge on any atom is -0.464 e. The predicted octanol–water partition coefficient (Wildman–Crippen LogP) is 2.22. The van der Waals surface area contributed by atoms with Gasteiger partial charge in [-0.3, -0.25) is 19.5 Å². The van der Waals surface area contributed by atoms with Crippen LogP contribution in [-0.4, -0.2) is 22.1 Å². The zero-order chi connectivity index (χ0) is 16.2. The molecule has 1 atom stereocenters. The first-order valence-electron chi connectivity index (χ1n) is 6.81. The smallest absolute Gasteiger partial charge is 0.329 e. The van der Waals surface area contributed by atoms with Crippen LogP contribution in [0.3, 0.4) is 0 Å². The molecule has 1 heterocycles. The van der Waals surface area contributed by atoms with Gasteiger partial charge in [-0.15, -0.1) is 0 Å². The third kappa shape index (κ3) is 4.14. The van der Waals surface area contributed by atoms with E-state index < -0.39 is 22.5 Å². The fourth-order valence-corrected chi connectivity index (χ4v) is 1.89. The van der Waals surface area contributed by atoms with Gasteiger partial charge in [0.2, 0.25) is 0 Å². The molecule has 1 aromatic heterocycles. The molecule has 0 radical (unpaired) electrons. The Balaban J connectivity index is 3.16. The first-order valence-corrected chi connectivity index (χ1v) is 6.81. The highest BCUT2D eigenvalue weighted by Gasteiger charge is 2.24. The van der Waals surface area contributed by atoms with E-state index in [0.29, 0.717) is 6.42 Å². The molecule has 21 heavy (non-hydrogen) atoms. The molecule has 0 N–H and O–H groups in total. The van der Waals surface area contributed by atoms with Gasteiger partial charge in [-0.05, 0) is 19.3 Å². The van der Waals surface area contributed by atoms with Gasteiger partial charge in [0.15, 0.2) is 0 Å². The summed E-state index contributed by atoms with van der Waals surface area (Å²) in [4.78, 5) is 34.4. The maximum Gasteiger partial charge on any atom is 0.329 e. The fraction of sp³-hybridized carbons (Fsp3) is 0.571. The average Bonchev–Trinajstić information content (AvgIpc) is 2.39. The number of aromatic nitrogens is 1. The van der Waals surface area contributed by atoms with Gasteiger partial charge in [0.25, 0.3) is 11.2 Å². The summed E-state index contributed by atoms with van der Waals surface area (Å²) in [5.41, 5.74) is -0.372. The summed E-state index contributed by atoms with van der Waals surface area (Å²) < 4.78 is 6.21. The van der Waals surface area contributed by atoms with Crippen molar-refractivity contribution in [2.45, 2.75) is 40.2 Å². The Morgan fingerprint density at radius 2 is 2.10 bits per heavy atom. The maximum absolute atomic E-state index is 12.0. The van der Waals surface area contributed by atoms with E-state index in [0.717, 1.165) is 16.8 Å². The number of nitrogens with zero attached hydrogens (tertiary/aromatic N) is 2. The number of aryl methyl sites for hydroxylation is 1. The van der Waals surface area contributed by atoms with E-state index >= 15 is 0 Å². The zero-order valence-electron chi connectivity index (χ0n) is 12.7. The van der Waals surface area contributed by atoms with Crippen LogP contribution < -0.4 is 5.56 Å². The lowest BCUT2D eigenvalue weighted by molar-refractivity contribution is -0.386. The molecule has 0 spiro atoms. The van der Waals surface area contributed by atoms with E-state index in [4.69, 9.17) is 4.74 Å². The van der Waals surface area contributed by atoms with Gasteiger partial charge in [0.1, 0.15) is 6.04 Å². The molecule has 0 bridgehead atoms. The van der Waals surface area contributed by atoms with Gasteiger partial charge in [0.05, 0.1) is 17.7 Å². The lowest BCUT2D eigenvalue weighted by atomic mass is 10.2. The minimum absolute atomic E-state index is 0.176. The highest BCUT2D eigenvalue weighted by atomic mass is 16.6. The third-order valence-corrected chi connectivity index (χ3v) is 3.01. The minimum atomic E-state index is -0.851. The Kier molecular flexibility index (Phi) is 5.63. The molecule has 0 aliphatic carbocycles. The molecule has 0 saturated heterocycles. The van der Waals surface area contributed by atoms with Crippen LogP contribution in [0.5, 0.6) is 0 Å². The largest absolute Gasteiger partial charge is 0.464 e. The van der Waals surface area contributed by atoms with E-state index in [1.165, 1.54) is 6.92 Å². The lowest BCUT2D eigenvalue weighted by Crippen LogP contribution is -2.31. The van der Waals surface area contributed by atoms with Crippen LogP contribution >= 0.6 is 0 Å². The quantitative estimate of drug-likeness (QED) is 0.456. The molecule has 1 rings (SSSR count). The predicted molar refractivity (Wildman–Crippen MR) is 77.2 cm³/mol. The number of hydrogen-bond donors (Lipinski definition) is 0. The summed E-state index contributed by atoms with van der Waals surface area (Å²) >= 11 is 0. The normalized spacial score (nSPS) is 12.2. The van der Waals surface area contributed by atoms with E-state index in [9.17, 15) is 19.7 Å². The molecule has 1 unspecified atom stereocenters. The molecule has 7 heteroatoms. The average molecular weight is 296 g/mol. The monoisotopic (exact) mass is 296 g/mol. The van der Waals surface area contributed by atoms with E-state index in [1.54, 1.807) is 6.92 Å². The van der Waals surface area contributed by atoms with Crippen molar-refractivity contribution in [1.82, 2.24) is 4.57 Å². The Hall–Kier alpha value is -2.18. The molecule has 1 aromatic rings.